The number of hydrogen-bond donors (Lipinski definition) is 4. The zero-order chi connectivity index (χ0) is 31.0. The van der Waals surface area contributed by atoms with Gasteiger partial charge < -0.3 is 29.9 Å². The first-order chi connectivity index (χ1) is 21.6. The van der Waals surface area contributed by atoms with Gasteiger partial charge in [0.2, 0.25) is 0 Å². The third-order valence-corrected chi connectivity index (χ3v) is 14.1. The lowest BCUT2D eigenvalue weighted by Crippen LogP contribution is -2.57. The molecule has 0 bridgehead atoms. The highest BCUT2D eigenvalue weighted by Gasteiger charge is 2.68. The third-order valence-electron chi connectivity index (χ3n) is 14.1. The molecule has 8 aliphatic rings. The zero-order valence-corrected chi connectivity index (χ0v) is 26.8. The number of hydrogen-bond acceptors (Lipinski definition) is 9. The van der Waals surface area contributed by atoms with Gasteiger partial charge in [-0.2, -0.15) is 0 Å². The Morgan fingerprint density at radius 3 is 2.69 bits per heavy atom. The average molecular weight is 623 g/mol. The summed E-state index contributed by atoms with van der Waals surface area (Å²) in [7, 11) is 0. The fourth-order valence-corrected chi connectivity index (χ4v) is 11.9. The van der Waals surface area contributed by atoms with Gasteiger partial charge in [-0.15, -0.1) is 5.10 Å². The van der Waals surface area contributed by atoms with E-state index < -0.39 is 30.6 Å². The Hall–Kier alpha value is -1.66. The molecule has 3 saturated carbocycles. The van der Waals surface area contributed by atoms with Gasteiger partial charge in [0.15, 0.2) is 6.23 Å². The standard InChI is InChI=1S/C35H50N4O6/c1-17-10-28-29(38(14-17)15-20-16-39(37-36-20)33-32(43)31(42)30(41)18(2)44-33)27-13-26-24-12-25-23(22(24)7-9-35(26,27)45-28)5-4-19-11-21(40)6-8-34(19,25)3/h4,16-18,21-23,25,27-33,40-43H,5-15H2,1-3H3/t17-,18?,21-,22-,23-,25?,27+,28+,29-,30+,31?,32?,33-,34-,35-/m0/s1. The molecule has 5 aliphatic carbocycles. The molecule has 0 radical (unpaired) electrons. The van der Waals surface area contributed by atoms with Crippen molar-refractivity contribution in [3.05, 3.63) is 34.7 Å². The second kappa shape index (κ2) is 10.2. The Kier molecular flexibility index (Phi) is 6.66. The monoisotopic (exact) mass is 622 g/mol. The van der Waals surface area contributed by atoms with Crippen molar-refractivity contribution in [2.45, 2.75) is 140 Å². The van der Waals surface area contributed by atoms with Gasteiger partial charge in [-0.05, 0) is 99.4 Å². The molecule has 6 fully saturated rings. The summed E-state index contributed by atoms with van der Waals surface area (Å²) in [6, 6.07) is 0.357. The summed E-state index contributed by atoms with van der Waals surface area (Å²) in [5.74, 6) is 3.17. The van der Waals surface area contributed by atoms with E-state index in [1.807, 2.05) is 6.20 Å². The first-order valence-corrected chi connectivity index (χ1v) is 17.7. The van der Waals surface area contributed by atoms with Crippen LogP contribution < -0.4 is 0 Å². The van der Waals surface area contributed by atoms with Crippen LogP contribution in [0.3, 0.4) is 0 Å². The summed E-state index contributed by atoms with van der Waals surface area (Å²) in [6.45, 7) is 8.16. The number of ether oxygens (including phenoxy) is 2. The Morgan fingerprint density at radius 1 is 1.00 bits per heavy atom. The van der Waals surface area contributed by atoms with Crippen LogP contribution in [0.25, 0.3) is 0 Å². The molecule has 1 aromatic heterocycles. The van der Waals surface area contributed by atoms with Crippen molar-refractivity contribution >= 4 is 0 Å². The molecule has 10 nitrogen and oxygen atoms in total. The van der Waals surface area contributed by atoms with Crippen LogP contribution in [0.15, 0.2) is 29.0 Å². The minimum atomic E-state index is -1.31. The smallest absolute Gasteiger partial charge is 0.180 e. The quantitative estimate of drug-likeness (QED) is 0.376. The number of nitrogens with zero attached hydrogens (tertiary/aromatic N) is 4. The highest BCUT2D eigenvalue weighted by molar-refractivity contribution is 5.45. The summed E-state index contributed by atoms with van der Waals surface area (Å²) in [5, 5.41) is 50.2. The molecular weight excluding hydrogens is 572 g/mol. The molecule has 15 atom stereocenters. The van der Waals surface area contributed by atoms with E-state index in [9.17, 15) is 20.4 Å². The van der Waals surface area contributed by atoms with Crippen molar-refractivity contribution in [2.24, 2.45) is 35.0 Å². The number of aliphatic hydroxyl groups excluding tert-OH is 4. The normalized spacial score (nSPS) is 52.2. The summed E-state index contributed by atoms with van der Waals surface area (Å²) in [4.78, 5) is 2.58. The van der Waals surface area contributed by atoms with E-state index in [1.54, 1.807) is 18.1 Å². The van der Waals surface area contributed by atoms with E-state index in [0.29, 0.717) is 36.3 Å². The second-order valence-electron chi connectivity index (χ2n) is 16.4. The van der Waals surface area contributed by atoms with Crippen LogP contribution in [-0.2, 0) is 16.0 Å². The maximum absolute atomic E-state index is 10.6. The van der Waals surface area contributed by atoms with E-state index in [2.05, 4.69) is 35.1 Å². The number of likely N-dealkylation sites (tertiary alicyclic amines) is 1. The van der Waals surface area contributed by atoms with Crippen molar-refractivity contribution in [1.29, 1.82) is 0 Å². The van der Waals surface area contributed by atoms with Gasteiger partial charge in [0.1, 0.15) is 18.3 Å². The van der Waals surface area contributed by atoms with Crippen LogP contribution in [0, 0.1) is 35.0 Å². The van der Waals surface area contributed by atoms with Gasteiger partial charge in [0, 0.05) is 25.0 Å². The van der Waals surface area contributed by atoms with Crippen molar-refractivity contribution in [3.63, 3.8) is 0 Å². The Balaban J connectivity index is 0.954. The first-order valence-electron chi connectivity index (χ1n) is 17.7. The largest absolute Gasteiger partial charge is 0.393 e. The Labute approximate surface area is 265 Å². The lowest BCUT2D eigenvalue weighted by atomic mass is 9.54. The first kappa shape index (κ1) is 29.5. The van der Waals surface area contributed by atoms with Crippen molar-refractivity contribution in [1.82, 2.24) is 19.9 Å². The molecule has 9 rings (SSSR count). The van der Waals surface area contributed by atoms with Gasteiger partial charge in [0.25, 0.3) is 0 Å². The topological polar surface area (TPSA) is 133 Å². The zero-order valence-electron chi connectivity index (χ0n) is 26.8. The second-order valence-corrected chi connectivity index (χ2v) is 16.4. The predicted octanol–water partition coefficient (Wildman–Crippen LogP) is 2.87. The SMILES string of the molecule is CC1O[C@H](n2cc(CN3C[C@@H](C)C[C@H]4O[C@@]56CC[C@@H]7C(=C5C[C@@H]6[C@@H]43)CC3[C@H]7CC=C4C[C@@H](O)CC[C@@]43C)nn2)C(O)C(O)[C@@H]1O. The predicted molar refractivity (Wildman–Crippen MR) is 163 cm³/mol. The maximum atomic E-state index is 10.6. The fraction of sp³-hybridized carbons (Fsp3) is 0.829. The number of aliphatic hydroxyl groups is 4. The molecule has 10 heteroatoms. The lowest BCUT2D eigenvalue weighted by molar-refractivity contribution is -0.243. The molecule has 4 heterocycles. The number of aromatic nitrogens is 3. The van der Waals surface area contributed by atoms with Crippen LogP contribution in [0.1, 0.15) is 90.5 Å². The lowest BCUT2D eigenvalue weighted by Gasteiger charge is -2.54. The Morgan fingerprint density at radius 2 is 1.84 bits per heavy atom. The van der Waals surface area contributed by atoms with Crippen LogP contribution in [-0.4, -0.2) is 95.1 Å². The summed E-state index contributed by atoms with van der Waals surface area (Å²) < 4.78 is 14.6. The minimum absolute atomic E-state index is 0.0956. The van der Waals surface area contributed by atoms with Crippen molar-refractivity contribution in [2.75, 3.05) is 6.54 Å². The van der Waals surface area contributed by atoms with Gasteiger partial charge in [-0.25, -0.2) is 4.68 Å². The molecule has 45 heavy (non-hydrogen) atoms. The van der Waals surface area contributed by atoms with E-state index >= 15 is 0 Å². The molecule has 3 aliphatic heterocycles. The van der Waals surface area contributed by atoms with Crippen LogP contribution in [0.4, 0.5) is 0 Å². The van der Waals surface area contributed by atoms with Gasteiger partial charge in [-0.1, -0.05) is 36.3 Å². The van der Waals surface area contributed by atoms with Crippen molar-refractivity contribution in [3.8, 4) is 0 Å². The number of allylic oxidation sites excluding steroid dienone is 2. The van der Waals surface area contributed by atoms with E-state index in [1.165, 1.54) is 29.5 Å². The highest BCUT2D eigenvalue weighted by atomic mass is 16.5. The minimum Gasteiger partial charge on any atom is -0.393 e. The van der Waals surface area contributed by atoms with Crippen LogP contribution >= 0.6 is 0 Å². The number of fused-ring (bicyclic) bond motifs is 7. The van der Waals surface area contributed by atoms with Crippen LogP contribution in [0.5, 0.6) is 0 Å². The highest BCUT2D eigenvalue weighted by Crippen LogP contribution is 2.69. The molecule has 4 unspecified atom stereocenters. The molecule has 1 spiro atoms. The fourth-order valence-electron chi connectivity index (χ4n) is 11.9. The average Bonchev–Trinajstić information content (AvgIpc) is 3.67. The molecule has 0 amide bonds. The van der Waals surface area contributed by atoms with E-state index in [4.69, 9.17) is 9.47 Å². The number of rotatable bonds is 3. The van der Waals surface area contributed by atoms with E-state index in [-0.39, 0.29) is 23.2 Å². The summed E-state index contributed by atoms with van der Waals surface area (Å²) in [5.41, 5.74) is 5.90. The maximum Gasteiger partial charge on any atom is 0.180 e. The molecule has 4 N–H and O–H groups in total. The number of piperidine rings is 1. The summed E-state index contributed by atoms with van der Waals surface area (Å²) in [6.07, 6.45) is 9.09. The molecule has 3 saturated heterocycles. The van der Waals surface area contributed by atoms with Gasteiger partial charge >= 0.3 is 0 Å². The van der Waals surface area contributed by atoms with E-state index in [0.717, 1.165) is 56.7 Å². The molecule has 1 aromatic rings. The van der Waals surface area contributed by atoms with Gasteiger partial charge in [-0.3, -0.25) is 4.90 Å². The third kappa shape index (κ3) is 4.12. The molecular formula is C35H50N4O6. The van der Waals surface area contributed by atoms with Gasteiger partial charge in [0.05, 0.1) is 35.8 Å². The molecule has 0 aromatic carbocycles. The summed E-state index contributed by atoms with van der Waals surface area (Å²) >= 11 is 0. The molecule has 246 valence electrons. The Bertz CT molecular complexity index is 1430. The van der Waals surface area contributed by atoms with Crippen molar-refractivity contribution < 1.29 is 29.9 Å². The van der Waals surface area contributed by atoms with Crippen LogP contribution in [0.2, 0.25) is 0 Å².